The van der Waals surface area contributed by atoms with Crippen molar-refractivity contribution >= 4 is 52.9 Å². The molecule has 4 saturated heterocycles. The maximum atomic E-state index is 15.9. The van der Waals surface area contributed by atoms with Gasteiger partial charge in [0.25, 0.3) is 0 Å². The first kappa shape index (κ1) is 61.9. The van der Waals surface area contributed by atoms with E-state index in [4.69, 9.17) is 14.2 Å². The van der Waals surface area contributed by atoms with Crippen molar-refractivity contribution in [2.75, 3.05) is 104 Å². The fraction of sp³-hybridized carbons (Fsp3) is 0.610. The molecule has 4 fully saturated rings. The summed E-state index contributed by atoms with van der Waals surface area (Å²) in [4.78, 5) is 84.8. The Labute approximate surface area is 484 Å². The first-order chi connectivity index (χ1) is 39.1. The Morgan fingerprint density at radius 3 is 2.27 bits per heavy atom. The molecule has 5 aliphatic heterocycles. The van der Waals surface area contributed by atoms with Gasteiger partial charge in [0.05, 0.1) is 79.3 Å². The van der Waals surface area contributed by atoms with E-state index < -0.39 is 51.7 Å². The van der Waals surface area contributed by atoms with Gasteiger partial charge in [-0.3, -0.25) is 33.8 Å². The number of piperidine rings is 2. The van der Waals surface area contributed by atoms with Gasteiger partial charge in [-0.25, -0.2) is 18.8 Å². The number of aliphatic imine (C=N–C) groups is 1. The number of benzene rings is 2. The van der Waals surface area contributed by atoms with Crippen LogP contribution in [0.15, 0.2) is 58.8 Å². The zero-order valence-electron chi connectivity index (χ0n) is 48.9. The largest absolute Gasteiger partial charge is 0.377 e. The number of halogens is 2. The van der Waals surface area contributed by atoms with Gasteiger partial charge < -0.3 is 55.9 Å². The molecule has 8 rings (SSSR count). The number of anilines is 1. The van der Waals surface area contributed by atoms with Crippen molar-refractivity contribution in [3.63, 3.8) is 0 Å². The van der Waals surface area contributed by atoms with Crippen LogP contribution in [0.3, 0.4) is 0 Å². The molecule has 1 unspecified atom stereocenters. The number of hydrogen-bond donors (Lipinski definition) is 6. The highest BCUT2D eigenvalue weighted by molar-refractivity contribution is 7.13. The predicted molar refractivity (Wildman–Crippen MR) is 310 cm³/mol. The molecule has 0 saturated carbocycles. The van der Waals surface area contributed by atoms with E-state index in [1.54, 1.807) is 27.5 Å². The van der Waals surface area contributed by atoms with E-state index in [0.717, 1.165) is 27.5 Å². The number of ether oxygens (including phenoxy) is 3. The highest BCUT2D eigenvalue weighted by Crippen LogP contribution is 2.37. The molecule has 0 bridgehead atoms. The summed E-state index contributed by atoms with van der Waals surface area (Å²) in [6, 6.07) is 8.69. The van der Waals surface area contributed by atoms with Gasteiger partial charge in [0.1, 0.15) is 41.8 Å². The molecule has 448 valence electrons. The lowest BCUT2D eigenvalue weighted by atomic mass is 9.79. The van der Waals surface area contributed by atoms with Crippen LogP contribution in [0, 0.1) is 29.4 Å². The van der Waals surface area contributed by atoms with Crippen LogP contribution < -0.4 is 36.8 Å². The predicted octanol–water partition coefficient (Wildman–Crippen LogP) is 4.74. The topological polar surface area (TPSA) is 223 Å². The van der Waals surface area contributed by atoms with Crippen LogP contribution in [0.25, 0.3) is 10.4 Å². The molecule has 82 heavy (non-hydrogen) atoms. The number of nitrogens with one attached hydrogen (secondary N) is 6. The van der Waals surface area contributed by atoms with Gasteiger partial charge in [-0.2, -0.15) is 0 Å². The van der Waals surface area contributed by atoms with Crippen molar-refractivity contribution in [1.29, 1.82) is 0 Å². The lowest BCUT2D eigenvalue weighted by Gasteiger charge is -2.51. The van der Waals surface area contributed by atoms with Gasteiger partial charge in [-0.1, -0.05) is 52.0 Å². The highest BCUT2D eigenvalue weighted by Gasteiger charge is 2.46. The number of hydrogen-bond acceptors (Lipinski definition) is 16. The lowest BCUT2D eigenvalue weighted by molar-refractivity contribution is -0.144. The summed E-state index contributed by atoms with van der Waals surface area (Å²) in [6.07, 6.45) is 7.25. The molecule has 3 aromatic rings. The zero-order chi connectivity index (χ0) is 58.8. The Balaban J connectivity index is 0.678. The summed E-state index contributed by atoms with van der Waals surface area (Å²) in [5, 5.41) is 18.3. The Morgan fingerprint density at radius 2 is 1.60 bits per heavy atom. The van der Waals surface area contributed by atoms with Crippen molar-refractivity contribution in [3.8, 4) is 10.4 Å². The molecule has 20 nitrogen and oxygen atoms in total. The van der Waals surface area contributed by atoms with Gasteiger partial charge in [-0.15, -0.1) is 11.3 Å². The molecule has 5 amide bonds. The number of likely N-dealkylation sites (tertiary alicyclic amines) is 3. The van der Waals surface area contributed by atoms with Crippen LogP contribution in [0.4, 0.5) is 14.5 Å². The van der Waals surface area contributed by atoms with Crippen LogP contribution >= 0.6 is 11.3 Å². The van der Waals surface area contributed by atoms with Crippen LogP contribution in [-0.2, 0) is 44.7 Å². The van der Waals surface area contributed by atoms with E-state index in [2.05, 4.69) is 46.8 Å². The molecule has 1 spiro atoms. The molecule has 6 N–H and O–H groups in total. The van der Waals surface area contributed by atoms with Gasteiger partial charge in [-0.05, 0) is 101 Å². The molecule has 0 radical (unpaired) electrons. The third-order valence-electron chi connectivity index (χ3n) is 16.7. The molecular weight excluding hydrogens is 1070 g/mol. The minimum atomic E-state index is -0.882. The molecule has 0 aliphatic carbocycles. The summed E-state index contributed by atoms with van der Waals surface area (Å²) < 4.78 is 48.6. The molecule has 23 heteroatoms. The average molecular weight is 1160 g/mol. The molecule has 6 heterocycles. The van der Waals surface area contributed by atoms with Gasteiger partial charge in [0.15, 0.2) is 0 Å². The van der Waals surface area contributed by atoms with E-state index in [1.807, 2.05) is 96.3 Å². The summed E-state index contributed by atoms with van der Waals surface area (Å²) in [5.41, 5.74) is 2.70. The van der Waals surface area contributed by atoms with Crippen LogP contribution in [0.1, 0.15) is 103 Å². The third kappa shape index (κ3) is 15.4. The van der Waals surface area contributed by atoms with Gasteiger partial charge in [0.2, 0.25) is 29.5 Å². The van der Waals surface area contributed by atoms with Crippen LogP contribution in [0.5, 0.6) is 0 Å². The van der Waals surface area contributed by atoms with E-state index in [1.165, 1.54) is 12.1 Å². The Kier molecular flexibility index (Phi) is 20.5. The smallest absolute Gasteiger partial charge is 0.246 e. The second-order valence-electron chi connectivity index (χ2n) is 23.9. The maximum Gasteiger partial charge on any atom is 0.246 e. The number of aromatic nitrogens is 1. The van der Waals surface area contributed by atoms with Crippen molar-refractivity contribution in [2.45, 2.75) is 123 Å². The van der Waals surface area contributed by atoms with E-state index in [9.17, 15) is 24.0 Å². The number of amides is 5. The van der Waals surface area contributed by atoms with Crippen molar-refractivity contribution < 1.29 is 47.0 Å². The monoisotopic (exact) mass is 1160 g/mol. The number of carbonyl (C=O) groups excluding carboxylic acids is 5. The number of piperazine rings is 1. The maximum absolute atomic E-state index is 15.9. The SMILES string of the molecule is CNC1=CC(C)(N2CCC3(CC2)CN(c2cc(F)c(CN4CCC(C)(C(=O)NCCOCCOCCOCC(=O)N[C@H](C(=O)N5CCC[C@H]5C(=O)N[C@@H](C)c5ccc(-c6scnc6C)cc5)C(C)(C)C)CC4)cc2F)CC(=O)N3)N=CN1. The van der Waals surface area contributed by atoms with Crippen molar-refractivity contribution in [1.82, 2.24) is 51.6 Å². The van der Waals surface area contributed by atoms with Gasteiger partial charge >= 0.3 is 0 Å². The second-order valence-corrected chi connectivity index (χ2v) is 24.8. The van der Waals surface area contributed by atoms with Crippen LogP contribution in [-0.4, -0.2) is 178 Å². The normalized spacial score (nSPS) is 21.8. The number of rotatable bonds is 23. The quantitative estimate of drug-likeness (QED) is 0.0707. The minimum Gasteiger partial charge on any atom is -0.377 e. The first-order valence-corrected chi connectivity index (χ1v) is 29.6. The summed E-state index contributed by atoms with van der Waals surface area (Å²) in [6.45, 7) is 17.9. The first-order valence-electron chi connectivity index (χ1n) is 28.7. The highest BCUT2D eigenvalue weighted by atomic mass is 32.1. The zero-order valence-corrected chi connectivity index (χ0v) is 49.7. The summed E-state index contributed by atoms with van der Waals surface area (Å²) >= 11 is 1.59. The second kappa shape index (κ2) is 27.1. The molecular formula is C59H84F2N12O8S. The van der Waals surface area contributed by atoms with E-state index in [0.29, 0.717) is 84.3 Å². The van der Waals surface area contributed by atoms with Crippen LogP contribution in [0.2, 0.25) is 0 Å². The van der Waals surface area contributed by atoms with Gasteiger partial charge in [0, 0.05) is 63.4 Å². The Hall–Kier alpha value is -6.11. The van der Waals surface area contributed by atoms with Crippen molar-refractivity contribution in [2.24, 2.45) is 15.8 Å². The minimum absolute atomic E-state index is 0.0665. The molecule has 2 aromatic carbocycles. The lowest BCUT2D eigenvalue weighted by Crippen LogP contribution is -2.67. The Morgan fingerprint density at radius 1 is 0.902 bits per heavy atom. The molecule has 1 aromatic heterocycles. The summed E-state index contributed by atoms with van der Waals surface area (Å²) in [5.74, 6) is -1.57. The van der Waals surface area contributed by atoms with E-state index >= 15 is 8.78 Å². The number of aryl methyl sites for hydroxylation is 1. The van der Waals surface area contributed by atoms with Crippen molar-refractivity contribution in [3.05, 3.63) is 82.3 Å². The number of carbonyl (C=O) groups is 5. The molecule has 5 aliphatic rings. The fourth-order valence-corrected chi connectivity index (χ4v) is 12.4. The summed E-state index contributed by atoms with van der Waals surface area (Å²) in [7, 11) is 1.84. The van der Waals surface area contributed by atoms with E-state index in [-0.39, 0.29) is 93.7 Å². The fourth-order valence-electron chi connectivity index (χ4n) is 11.6. The Bertz CT molecular complexity index is 2790. The standard InChI is InChI=1S/C59H84F2N12O8S/c1-39(41-11-13-42(14-12-41)51-40(2)65-38-82-51)67-53(76)46-10-9-20-73(46)54(77)52(56(3,4)5)68-50(75)35-81-29-28-80-27-26-79-25-19-63-55(78)57(6)15-21-70(22-16-57)33-43-30-45(61)47(31-44(43)60)71-34-49(74)69-59(36-71)17-23-72(24-18-59)58(7)32-48(62-8)64-37-66-58/h11-14,30-32,37-39,46,52,62H,9-10,15-29,33-36H2,1-8H3,(H,63,78)(H,64,66)(H,67,76)(H,68,75)(H,69,74)/t39-,46-,52+,58?/m0/s1. The molecule has 4 atom stereocenters. The average Bonchev–Trinajstić information content (AvgIpc) is 3.38. The number of nitrogens with zero attached hydrogens (tertiary/aromatic N) is 6. The third-order valence-corrected chi connectivity index (χ3v) is 17.7. The number of thiazole rings is 1.